The maximum absolute atomic E-state index is 11.8. The molecule has 1 heterocycles. The van der Waals surface area contributed by atoms with E-state index >= 15 is 0 Å². The molecule has 1 aromatic carbocycles. The molecule has 0 aromatic heterocycles. The smallest absolute Gasteiger partial charge is 0.342 e. The summed E-state index contributed by atoms with van der Waals surface area (Å²) in [6.45, 7) is 2.57. The molecule has 1 amide bonds. The lowest BCUT2D eigenvalue weighted by Crippen LogP contribution is -2.34. The van der Waals surface area contributed by atoms with Gasteiger partial charge < -0.3 is 19.9 Å². The first-order valence-electron chi connectivity index (χ1n) is 6.91. The maximum atomic E-state index is 11.8. The molecule has 6 heteroatoms. The van der Waals surface area contributed by atoms with Gasteiger partial charge in [-0.15, -0.1) is 0 Å². The summed E-state index contributed by atoms with van der Waals surface area (Å²) in [5, 5.41) is 12.3. The van der Waals surface area contributed by atoms with E-state index in [2.05, 4.69) is 5.32 Å². The molecule has 0 aliphatic carbocycles. The third kappa shape index (κ3) is 4.46. The summed E-state index contributed by atoms with van der Waals surface area (Å²) in [6, 6.07) is 4.62. The molecule has 0 bridgehead atoms. The number of esters is 1. The topological polar surface area (TPSA) is 84.9 Å². The Labute approximate surface area is 123 Å². The minimum absolute atomic E-state index is 0.0467. The fourth-order valence-electron chi connectivity index (χ4n) is 2.11. The number of phenols is 1. The highest BCUT2D eigenvalue weighted by molar-refractivity contribution is 5.94. The Hall–Kier alpha value is -2.08. The van der Waals surface area contributed by atoms with Crippen LogP contribution in [0.15, 0.2) is 18.2 Å². The molecular weight excluding hydrogens is 274 g/mol. The van der Waals surface area contributed by atoms with Gasteiger partial charge in [-0.3, -0.25) is 4.79 Å². The molecule has 1 fully saturated rings. The minimum Gasteiger partial charge on any atom is -0.507 e. The van der Waals surface area contributed by atoms with Crippen LogP contribution >= 0.6 is 0 Å². The fourth-order valence-corrected chi connectivity index (χ4v) is 2.11. The SMILES string of the molecule is Cc1ccc(O)c(C(=O)OCC(=O)NC[C@@H]2CCCO2)c1. The van der Waals surface area contributed by atoms with E-state index in [0.29, 0.717) is 6.54 Å². The molecule has 1 aliphatic rings. The van der Waals surface area contributed by atoms with Crippen molar-refractivity contribution in [3.8, 4) is 5.75 Å². The number of carbonyl (C=O) groups excluding carboxylic acids is 2. The molecule has 1 aliphatic heterocycles. The van der Waals surface area contributed by atoms with Crippen molar-refractivity contribution in [2.45, 2.75) is 25.9 Å². The van der Waals surface area contributed by atoms with Gasteiger partial charge >= 0.3 is 5.97 Å². The minimum atomic E-state index is -0.719. The Morgan fingerprint density at radius 2 is 2.29 bits per heavy atom. The summed E-state index contributed by atoms with van der Waals surface area (Å²) in [5.41, 5.74) is 0.879. The average molecular weight is 293 g/mol. The van der Waals surface area contributed by atoms with Gasteiger partial charge in [0, 0.05) is 13.2 Å². The van der Waals surface area contributed by atoms with Crippen molar-refractivity contribution < 1.29 is 24.2 Å². The van der Waals surface area contributed by atoms with Crippen LogP contribution < -0.4 is 5.32 Å². The van der Waals surface area contributed by atoms with Crippen molar-refractivity contribution in [3.63, 3.8) is 0 Å². The van der Waals surface area contributed by atoms with Crippen LogP contribution in [0, 0.1) is 6.92 Å². The standard InChI is InChI=1S/C15H19NO5/c1-10-4-5-13(17)12(7-10)15(19)21-9-14(18)16-8-11-3-2-6-20-11/h4-5,7,11,17H,2-3,6,8-9H2,1H3,(H,16,18)/t11-/m0/s1. The monoisotopic (exact) mass is 293 g/mol. The van der Waals surface area contributed by atoms with Crippen molar-refractivity contribution >= 4 is 11.9 Å². The lowest BCUT2D eigenvalue weighted by Gasteiger charge is -2.11. The highest BCUT2D eigenvalue weighted by Crippen LogP contribution is 2.19. The average Bonchev–Trinajstić information content (AvgIpc) is 2.98. The molecule has 0 unspecified atom stereocenters. The van der Waals surface area contributed by atoms with Crippen LogP contribution in [0.4, 0.5) is 0 Å². The number of amides is 1. The normalized spacial score (nSPS) is 17.5. The van der Waals surface area contributed by atoms with Crippen molar-refractivity contribution in [1.29, 1.82) is 0 Å². The summed E-state index contributed by atoms with van der Waals surface area (Å²) < 4.78 is 10.3. The van der Waals surface area contributed by atoms with Gasteiger partial charge in [0.05, 0.1) is 6.10 Å². The summed E-state index contributed by atoms with van der Waals surface area (Å²) in [7, 11) is 0. The number of nitrogens with one attached hydrogen (secondary N) is 1. The molecule has 0 radical (unpaired) electrons. The number of aryl methyl sites for hydroxylation is 1. The van der Waals surface area contributed by atoms with Crippen LogP contribution in [0.2, 0.25) is 0 Å². The Morgan fingerprint density at radius 1 is 1.48 bits per heavy atom. The van der Waals surface area contributed by atoms with Gasteiger partial charge in [-0.1, -0.05) is 11.6 Å². The lowest BCUT2D eigenvalue weighted by atomic mass is 10.1. The second-order valence-corrected chi connectivity index (χ2v) is 5.04. The second-order valence-electron chi connectivity index (χ2n) is 5.04. The molecule has 1 atom stereocenters. The molecular formula is C15H19NO5. The highest BCUT2D eigenvalue weighted by atomic mass is 16.5. The summed E-state index contributed by atoms with van der Waals surface area (Å²) in [4.78, 5) is 23.4. The predicted octanol–water partition coefficient (Wildman–Crippen LogP) is 1.15. The number of rotatable bonds is 5. The van der Waals surface area contributed by atoms with Gasteiger partial charge in [-0.2, -0.15) is 0 Å². The number of hydrogen-bond donors (Lipinski definition) is 2. The summed E-state index contributed by atoms with van der Waals surface area (Å²) >= 11 is 0. The first-order chi connectivity index (χ1) is 10.1. The van der Waals surface area contributed by atoms with Gasteiger partial charge in [0.15, 0.2) is 6.61 Å². The molecule has 21 heavy (non-hydrogen) atoms. The van der Waals surface area contributed by atoms with E-state index in [9.17, 15) is 14.7 Å². The molecule has 114 valence electrons. The molecule has 2 rings (SSSR count). The molecule has 0 saturated carbocycles. The van der Waals surface area contributed by atoms with Gasteiger partial charge in [-0.25, -0.2) is 4.79 Å². The van der Waals surface area contributed by atoms with E-state index in [1.807, 2.05) is 0 Å². The Kier molecular flexibility index (Phi) is 5.16. The molecule has 0 spiro atoms. The first kappa shape index (κ1) is 15.3. The van der Waals surface area contributed by atoms with E-state index in [1.54, 1.807) is 13.0 Å². The lowest BCUT2D eigenvalue weighted by molar-refractivity contribution is -0.124. The van der Waals surface area contributed by atoms with Crippen LogP contribution in [-0.4, -0.2) is 42.8 Å². The Bertz CT molecular complexity index is 523. The van der Waals surface area contributed by atoms with Crippen LogP contribution in [0.3, 0.4) is 0 Å². The number of aromatic hydroxyl groups is 1. The van der Waals surface area contributed by atoms with Gasteiger partial charge in [-0.05, 0) is 31.9 Å². The second kappa shape index (κ2) is 7.08. The molecule has 1 aromatic rings. The van der Waals surface area contributed by atoms with Crippen molar-refractivity contribution in [2.24, 2.45) is 0 Å². The molecule has 6 nitrogen and oxygen atoms in total. The molecule has 2 N–H and O–H groups in total. The van der Waals surface area contributed by atoms with E-state index in [-0.39, 0.29) is 29.9 Å². The number of hydrogen-bond acceptors (Lipinski definition) is 5. The zero-order valence-electron chi connectivity index (χ0n) is 11.9. The third-order valence-electron chi connectivity index (χ3n) is 3.26. The summed E-state index contributed by atoms with van der Waals surface area (Å²) in [5.74, 6) is -1.26. The third-order valence-corrected chi connectivity index (χ3v) is 3.26. The highest BCUT2D eigenvalue weighted by Gasteiger charge is 2.18. The van der Waals surface area contributed by atoms with Crippen LogP contribution in [0.1, 0.15) is 28.8 Å². The predicted molar refractivity (Wildman–Crippen MR) is 75.1 cm³/mol. The van der Waals surface area contributed by atoms with Crippen LogP contribution in [0.25, 0.3) is 0 Å². The maximum Gasteiger partial charge on any atom is 0.342 e. The quantitative estimate of drug-likeness (QED) is 0.796. The van der Waals surface area contributed by atoms with E-state index < -0.39 is 5.97 Å². The zero-order chi connectivity index (χ0) is 15.2. The van der Waals surface area contributed by atoms with Gasteiger partial charge in [0.2, 0.25) is 0 Å². The Morgan fingerprint density at radius 3 is 3.00 bits per heavy atom. The van der Waals surface area contributed by atoms with Gasteiger partial charge in [0.1, 0.15) is 11.3 Å². The fraction of sp³-hybridized carbons (Fsp3) is 0.467. The number of phenolic OH excluding ortho intramolecular Hbond substituents is 1. The first-order valence-corrected chi connectivity index (χ1v) is 6.91. The molecule has 1 saturated heterocycles. The largest absolute Gasteiger partial charge is 0.507 e. The van der Waals surface area contributed by atoms with Crippen molar-refractivity contribution in [3.05, 3.63) is 29.3 Å². The van der Waals surface area contributed by atoms with E-state index in [4.69, 9.17) is 9.47 Å². The van der Waals surface area contributed by atoms with Gasteiger partial charge in [0.25, 0.3) is 5.91 Å². The number of carbonyl (C=O) groups is 2. The van der Waals surface area contributed by atoms with E-state index in [1.165, 1.54) is 12.1 Å². The number of benzene rings is 1. The number of ether oxygens (including phenoxy) is 2. The van der Waals surface area contributed by atoms with Crippen LogP contribution in [0.5, 0.6) is 5.75 Å². The van der Waals surface area contributed by atoms with E-state index in [0.717, 1.165) is 25.0 Å². The Balaban J connectivity index is 1.77. The van der Waals surface area contributed by atoms with Crippen LogP contribution in [-0.2, 0) is 14.3 Å². The van der Waals surface area contributed by atoms with Crippen molar-refractivity contribution in [1.82, 2.24) is 5.32 Å². The summed E-state index contributed by atoms with van der Waals surface area (Å²) in [6.07, 6.45) is 1.98. The zero-order valence-corrected chi connectivity index (χ0v) is 11.9. The van der Waals surface area contributed by atoms with Crippen molar-refractivity contribution in [2.75, 3.05) is 19.8 Å².